The van der Waals surface area contributed by atoms with E-state index in [1.807, 2.05) is 20.8 Å². The molecule has 0 bridgehead atoms. The number of Topliss-reactive ketones (excluding diaryl/α,β-unsaturated/α-hetero) is 1. The van der Waals surface area contributed by atoms with Gasteiger partial charge < -0.3 is 5.32 Å². The Balaban J connectivity index is 0.00000225. The Bertz CT molecular complexity index is 257. The van der Waals surface area contributed by atoms with Crippen molar-refractivity contribution in [1.29, 1.82) is 0 Å². The lowest BCUT2D eigenvalue weighted by Gasteiger charge is -2.28. The molecule has 0 unspecified atom stereocenters. The summed E-state index contributed by atoms with van der Waals surface area (Å²) in [7, 11) is 0. The fourth-order valence-electron chi connectivity index (χ4n) is 2.53. The molecule has 0 radical (unpaired) electrons. The van der Waals surface area contributed by atoms with Gasteiger partial charge in [0.25, 0.3) is 0 Å². The molecule has 1 fully saturated rings. The molecular formula is C13H27NOS. The van der Waals surface area contributed by atoms with E-state index < -0.39 is 0 Å². The predicted octanol–water partition coefficient (Wildman–Crippen LogP) is 2.88. The van der Waals surface area contributed by atoms with Crippen molar-refractivity contribution in [3.63, 3.8) is 0 Å². The molecule has 1 N–H and O–H groups in total. The topological polar surface area (TPSA) is 29.1 Å². The van der Waals surface area contributed by atoms with Crippen molar-refractivity contribution in [2.45, 2.75) is 66.0 Å². The maximum Gasteiger partial charge on any atom is 0.158 e. The van der Waals surface area contributed by atoms with E-state index in [9.17, 15) is 4.79 Å². The third kappa shape index (κ3) is 3.01. The molecule has 0 spiro atoms. The Labute approximate surface area is 107 Å². The van der Waals surface area contributed by atoms with Crippen LogP contribution in [0, 0.1) is 11.3 Å². The maximum atomic E-state index is 12.4. The second-order valence-electron chi connectivity index (χ2n) is 6.16. The van der Waals surface area contributed by atoms with Gasteiger partial charge in [0.2, 0.25) is 0 Å². The monoisotopic (exact) mass is 245 g/mol. The molecule has 0 saturated heterocycles. The van der Waals surface area contributed by atoms with Crippen molar-refractivity contribution in [3.05, 3.63) is 0 Å². The van der Waals surface area contributed by atoms with Gasteiger partial charge in [0, 0.05) is 11.5 Å². The molecule has 16 heavy (non-hydrogen) atoms. The quantitative estimate of drug-likeness (QED) is 0.825. The number of rotatable bonds is 4. The SMILES string of the molecule is CC[C@@H]1C[C@]1(NC(C)C)C(=O)C(C)(C)C.S. The second-order valence-corrected chi connectivity index (χ2v) is 6.16. The molecule has 0 heterocycles. The molecular weight excluding hydrogens is 218 g/mol. The van der Waals surface area contributed by atoms with Gasteiger partial charge in [0.15, 0.2) is 5.78 Å². The van der Waals surface area contributed by atoms with Gasteiger partial charge in [-0.2, -0.15) is 13.5 Å². The summed E-state index contributed by atoms with van der Waals surface area (Å²) in [5.41, 5.74) is -0.438. The van der Waals surface area contributed by atoms with Crippen LogP contribution in [0.1, 0.15) is 54.4 Å². The fourth-order valence-corrected chi connectivity index (χ4v) is 2.53. The lowest BCUT2D eigenvalue weighted by atomic mass is 9.83. The van der Waals surface area contributed by atoms with E-state index in [0.29, 0.717) is 17.7 Å². The Morgan fingerprint density at radius 1 is 1.44 bits per heavy atom. The minimum atomic E-state index is -0.230. The van der Waals surface area contributed by atoms with Crippen LogP contribution in [0.25, 0.3) is 0 Å². The highest BCUT2D eigenvalue weighted by atomic mass is 32.1. The third-order valence-electron chi connectivity index (χ3n) is 3.23. The van der Waals surface area contributed by atoms with Gasteiger partial charge in [-0.15, -0.1) is 0 Å². The fraction of sp³-hybridized carbons (Fsp3) is 0.923. The summed E-state index contributed by atoms with van der Waals surface area (Å²) in [6.45, 7) is 12.5. The van der Waals surface area contributed by atoms with Crippen molar-refractivity contribution in [2.24, 2.45) is 11.3 Å². The van der Waals surface area contributed by atoms with Crippen molar-refractivity contribution < 1.29 is 4.79 Å². The first-order valence-corrected chi connectivity index (χ1v) is 6.06. The molecule has 0 amide bonds. The number of hydrogen-bond acceptors (Lipinski definition) is 2. The number of carbonyl (C=O) groups is 1. The average molecular weight is 245 g/mol. The minimum Gasteiger partial charge on any atom is -0.302 e. The van der Waals surface area contributed by atoms with Gasteiger partial charge in [-0.25, -0.2) is 0 Å². The third-order valence-corrected chi connectivity index (χ3v) is 3.23. The molecule has 0 aromatic heterocycles. The van der Waals surface area contributed by atoms with Crippen LogP contribution in [-0.4, -0.2) is 17.4 Å². The standard InChI is InChI=1S/C13H25NO.H2S/c1-7-10-8-13(10,14-9(2)3)11(15)12(4,5)6;/h9-10,14H,7-8H2,1-6H3;1H2/t10-,13-;/m1./s1. The molecule has 0 aromatic carbocycles. The van der Waals surface area contributed by atoms with Crippen LogP contribution in [0.4, 0.5) is 0 Å². The molecule has 96 valence electrons. The van der Waals surface area contributed by atoms with Gasteiger partial charge in [-0.05, 0) is 26.2 Å². The highest BCUT2D eigenvalue weighted by molar-refractivity contribution is 7.59. The number of hydrogen-bond donors (Lipinski definition) is 1. The summed E-state index contributed by atoms with van der Waals surface area (Å²) < 4.78 is 0. The number of nitrogens with one attached hydrogen (secondary N) is 1. The van der Waals surface area contributed by atoms with E-state index in [0.717, 1.165) is 12.8 Å². The van der Waals surface area contributed by atoms with E-state index in [1.165, 1.54) is 0 Å². The lowest BCUT2D eigenvalue weighted by Crippen LogP contribution is -2.49. The number of carbonyl (C=O) groups excluding carboxylic acids is 1. The summed E-state index contributed by atoms with van der Waals surface area (Å²) in [5.74, 6) is 0.933. The van der Waals surface area contributed by atoms with E-state index in [4.69, 9.17) is 0 Å². The number of ketones is 1. The van der Waals surface area contributed by atoms with Crippen LogP contribution >= 0.6 is 13.5 Å². The van der Waals surface area contributed by atoms with E-state index in [2.05, 4.69) is 26.1 Å². The summed E-state index contributed by atoms with van der Waals surface area (Å²) in [6, 6.07) is 0.382. The zero-order valence-corrected chi connectivity index (χ0v) is 12.5. The molecule has 3 heteroatoms. The van der Waals surface area contributed by atoms with Crippen LogP contribution < -0.4 is 5.32 Å². The summed E-state index contributed by atoms with van der Waals surface area (Å²) in [6.07, 6.45) is 2.12. The Kier molecular flexibility index (Phi) is 5.08. The molecule has 1 saturated carbocycles. The average Bonchev–Trinajstić information content (AvgIpc) is 2.75. The summed E-state index contributed by atoms with van der Waals surface area (Å²) in [4.78, 5) is 12.4. The maximum absolute atomic E-state index is 12.4. The lowest BCUT2D eigenvalue weighted by molar-refractivity contribution is -0.130. The van der Waals surface area contributed by atoms with Crippen molar-refractivity contribution in [1.82, 2.24) is 5.32 Å². The van der Waals surface area contributed by atoms with Gasteiger partial charge in [-0.1, -0.05) is 34.1 Å². The second kappa shape index (κ2) is 5.09. The predicted molar refractivity (Wildman–Crippen MR) is 74.2 cm³/mol. The van der Waals surface area contributed by atoms with Gasteiger partial charge in [-0.3, -0.25) is 4.79 Å². The van der Waals surface area contributed by atoms with Crippen molar-refractivity contribution >= 4 is 19.3 Å². The minimum absolute atomic E-state index is 0. The van der Waals surface area contributed by atoms with Gasteiger partial charge in [0.1, 0.15) is 0 Å². The highest BCUT2D eigenvalue weighted by Gasteiger charge is 2.60. The summed E-state index contributed by atoms with van der Waals surface area (Å²) in [5, 5.41) is 3.49. The van der Waals surface area contributed by atoms with Crippen LogP contribution in [-0.2, 0) is 4.79 Å². The molecule has 0 aromatic rings. The molecule has 2 nitrogen and oxygen atoms in total. The Morgan fingerprint density at radius 3 is 2.19 bits per heavy atom. The zero-order valence-electron chi connectivity index (χ0n) is 11.5. The van der Waals surface area contributed by atoms with Crippen molar-refractivity contribution in [2.75, 3.05) is 0 Å². The Morgan fingerprint density at radius 2 is 1.94 bits per heavy atom. The van der Waals surface area contributed by atoms with Gasteiger partial charge >= 0.3 is 0 Å². The van der Waals surface area contributed by atoms with Gasteiger partial charge in [0.05, 0.1) is 5.54 Å². The Hall–Kier alpha value is -0.0200. The van der Waals surface area contributed by atoms with Crippen LogP contribution in [0.3, 0.4) is 0 Å². The molecule has 0 aliphatic heterocycles. The zero-order chi connectivity index (χ0) is 11.9. The van der Waals surface area contributed by atoms with E-state index in [1.54, 1.807) is 0 Å². The van der Waals surface area contributed by atoms with Crippen LogP contribution in [0.5, 0.6) is 0 Å². The van der Waals surface area contributed by atoms with Crippen molar-refractivity contribution in [3.8, 4) is 0 Å². The van der Waals surface area contributed by atoms with E-state index in [-0.39, 0.29) is 24.4 Å². The first-order chi connectivity index (χ1) is 6.74. The normalized spacial score (nSPS) is 28.8. The highest BCUT2D eigenvalue weighted by Crippen LogP contribution is 2.50. The van der Waals surface area contributed by atoms with E-state index >= 15 is 0 Å². The molecule has 1 aliphatic carbocycles. The molecule has 2 atom stereocenters. The first-order valence-electron chi connectivity index (χ1n) is 6.06. The molecule has 1 aliphatic rings. The largest absolute Gasteiger partial charge is 0.302 e. The van der Waals surface area contributed by atoms with Crippen LogP contribution in [0.2, 0.25) is 0 Å². The molecule has 1 rings (SSSR count). The smallest absolute Gasteiger partial charge is 0.158 e. The first kappa shape index (κ1) is 16.0. The van der Waals surface area contributed by atoms with Crippen LogP contribution in [0.15, 0.2) is 0 Å². The summed E-state index contributed by atoms with van der Waals surface area (Å²) >= 11 is 0.